The van der Waals surface area contributed by atoms with Crippen molar-refractivity contribution in [1.29, 1.82) is 5.26 Å². The molecule has 1 saturated heterocycles. The second-order valence-electron chi connectivity index (χ2n) is 6.79. The molecule has 1 aliphatic rings. The molecule has 0 bridgehead atoms. The maximum Gasteiger partial charge on any atom is 0.387 e. The molecule has 1 unspecified atom stereocenters. The highest BCUT2D eigenvalue weighted by Crippen LogP contribution is 2.29. The van der Waals surface area contributed by atoms with E-state index in [9.17, 15) is 14.0 Å². The molecule has 0 radical (unpaired) electrons. The van der Waals surface area contributed by atoms with Crippen molar-refractivity contribution in [3.8, 4) is 11.8 Å². The van der Waals surface area contributed by atoms with Crippen LogP contribution in [0, 0.1) is 11.3 Å². The first-order valence-electron chi connectivity index (χ1n) is 8.92. The van der Waals surface area contributed by atoms with Crippen molar-refractivity contribution in [2.24, 2.45) is 0 Å². The number of hydrogen-bond donors (Lipinski definition) is 1. The first-order valence-corrected chi connectivity index (χ1v) is 8.92. The highest BCUT2D eigenvalue weighted by atomic mass is 19.3. The highest BCUT2D eigenvalue weighted by Gasteiger charge is 2.20. The first kappa shape index (κ1) is 19.3. The SMILES string of the molecule is CC(CNc1c(C#N)cnc2ccc(OC(F)F)cc12)N1CCN(C)CC1. The third-order valence-corrected chi connectivity index (χ3v) is 4.92. The summed E-state index contributed by atoms with van der Waals surface area (Å²) in [5.74, 6) is 0.0459. The number of nitrogens with zero attached hydrogens (tertiary/aromatic N) is 4. The van der Waals surface area contributed by atoms with Crippen molar-refractivity contribution < 1.29 is 13.5 Å². The van der Waals surface area contributed by atoms with Crippen molar-refractivity contribution in [1.82, 2.24) is 14.8 Å². The monoisotopic (exact) mass is 375 g/mol. The lowest BCUT2D eigenvalue weighted by Crippen LogP contribution is -2.49. The summed E-state index contributed by atoms with van der Waals surface area (Å²) < 4.78 is 29.6. The van der Waals surface area contributed by atoms with Crippen LogP contribution in [0.1, 0.15) is 12.5 Å². The predicted molar refractivity (Wildman–Crippen MR) is 100 cm³/mol. The summed E-state index contributed by atoms with van der Waals surface area (Å²) in [6, 6.07) is 6.96. The van der Waals surface area contributed by atoms with E-state index in [4.69, 9.17) is 0 Å². The minimum Gasteiger partial charge on any atom is -0.435 e. The summed E-state index contributed by atoms with van der Waals surface area (Å²) in [6.45, 7) is 3.92. The van der Waals surface area contributed by atoms with Gasteiger partial charge in [-0.05, 0) is 32.2 Å². The van der Waals surface area contributed by atoms with E-state index < -0.39 is 6.61 Å². The summed E-state index contributed by atoms with van der Waals surface area (Å²) >= 11 is 0. The second kappa shape index (κ2) is 8.46. The average Bonchev–Trinajstić information content (AvgIpc) is 2.65. The first-order chi connectivity index (χ1) is 13.0. The lowest BCUT2D eigenvalue weighted by Gasteiger charge is -2.36. The third-order valence-electron chi connectivity index (χ3n) is 4.92. The van der Waals surface area contributed by atoms with Crippen LogP contribution in [0.5, 0.6) is 5.75 Å². The van der Waals surface area contributed by atoms with E-state index in [0.29, 0.717) is 28.7 Å². The summed E-state index contributed by atoms with van der Waals surface area (Å²) in [4.78, 5) is 8.93. The van der Waals surface area contributed by atoms with E-state index in [2.05, 4.69) is 44.9 Å². The number of alkyl halides is 2. The molecule has 0 spiro atoms. The van der Waals surface area contributed by atoms with Crippen LogP contribution in [0.4, 0.5) is 14.5 Å². The third kappa shape index (κ3) is 4.62. The van der Waals surface area contributed by atoms with E-state index >= 15 is 0 Å². The molecule has 1 atom stereocenters. The standard InChI is InChI=1S/C19H23F2N5O/c1-13(26-7-5-25(2)6-8-26)11-24-18-14(10-22)12-23-17-4-3-15(9-16(17)18)27-19(20)21/h3-4,9,12-13,19H,5-8,11H2,1-2H3,(H,23,24). The van der Waals surface area contributed by atoms with Crippen molar-refractivity contribution in [2.45, 2.75) is 19.6 Å². The van der Waals surface area contributed by atoms with Crippen LogP contribution in [0.3, 0.4) is 0 Å². The van der Waals surface area contributed by atoms with Gasteiger partial charge in [0.2, 0.25) is 0 Å². The summed E-state index contributed by atoms with van der Waals surface area (Å²) in [7, 11) is 2.11. The quantitative estimate of drug-likeness (QED) is 0.838. The topological polar surface area (TPSA) is 64.4 Å². The van der Waals surface area contributed by atoms with Crippen LogP contribution >= 0.6 is 0 Å². The minimum atomic E-state index is -2.90. The van der Waals surface area contributed by atoms with Gasteiger partial charge in [-0.15, -0.1) is 0 Å². The molecule has 1 aromatic carbocycles. The summed E-state index contributed by atoms with van der Waals surface area (Å²) in [6.07, 6.45) is 1.50. The van der Waals surface area contributed by atoms with Crippen molar-refractivity contribution >= 4 is 16.6 Å². The van der Waals surface area contributed by atoms with Crippen molar-refractivity contribution in [3.05, 3.63) is 30.0 Å². The molecule has 8 heteroatoms. The maximum atomic E-state index is 12.5. The van der Waals surface area contributed by atoms with E-state index in [1.807, 2.05) is 0 Å². The van der Waals surface area contributed by atoms with Gasteiger partial charge in [-0.3, -0.25) is 9.88 Å². The number of nitrogens with one attached hydrogen (secondary N) is 1. The van der Waals surface area contributed by atoms with Crippen LogP contribution in [-0.2, 0) is 0 Å². The smallest absolute Gasteiger partial charge is 0.387 e. The maximum absolute atomic E-state index is 12.5. The van der Waals surface area contributed by atoms with E-state index in [1.54, 1.807) is 6.07 Å². The Hall–Kier alpha value is -2.50. The number of piperazine rings is 1. The van der Waals surface area contributed by atoms with Gasteiger partial charge in [-0.1, -0.05) is 0 Å². The Balaban J connectivity index is 1.82. The fourth-order valence-electron chi connectivity index (χ4n) is 3.26. The largest absolute Gasteiger partial charge is 0.435 e. The van der Waals surface area contributed by atoms with Crippen LogP contribution < -0.4 is 10.1 Å². The molecule has 6 nitrogen and oxygen atoms in total. The zero-order valence-electron chi connectivity index (χ0n) is 15.5. The Bertz CT molecular complexity index is 831. The molecule has 0 saturated carbocycles. The molecule has 2 heterocycles. The number of halogens is 2. The van der Waals surface area contributed by atoms with Crippen molar-refractivity contribution in [2.75, 3.05) is 45.1 Å². The molecule has 1 N–H and O–H groups in total. The average molecular weight is 375 g/mol. The molecule has 2 aromatic rings. The van der Waals surface area contributed by atoms with Gasteiger partial charge in [0, 0.05) is 50.3 Å². The zero-order valence-corrected chi connectivity index (χ0v) is 15.5. The summed E-state index contributed by atoms with van der Waals surface area (Å²) in [5.41, 5.74) is 1.59. The number of pyridine rings is 1. The molecule has 1 aromatic heterocycles. The van der Waals surface area contributed by atoms with E-state index in [0.717, 1.165) is 26.2 Å². The van der Waals surface area contributed by atoms with Crippen LogP contribution in [-0.4, -0.2) is 67.2 Å². The number of hydrogen-bond acceptors (Lipinski definition) is 6. The van der Waals surface area contributed by atoms with Crippen molar-refractivity contribution in [3.63, 3.8) is 0 Å². The molecule has 3 rings (SSSR count). The normalized spacial score (nSPS) is 17.0. The predicted octanol–water partition coefficient (Wildman–Crippen LogP) is 2.76. The molecule has 1 fully saturated rings. The number of rotatable bonds is 6. The van der Waals surface area contributed by atoms with Crippen LogP contribution in [0.15, 0.2) is 24.4 Å². The van der Waals surface area contributed by atoms with Gasteiger partial charge in [0.1, 0.15) is 11.8 Å². The van der Waals surface area contributed by atoms with Gasteiger partial charge in [0.25, 0.3) is 0 Å². The van der Waals surface area contributed by atoms with Gasteiger partial charge in [0.05, 0.1) is 16.8 Å². The number of fused-ring (bicyclic) bond motifs is 1. The molecule has 0 amide bonds. The fourth-order valence-corrected chi connectivity index (χ4v) is 3.26. The van der Waals surface area contributed by atoms with Gasteiger partial charge in [-0.2, -0.15) is 14.0 Å². The lowest BCUT2D eigenvalue weighted by atomic mass is 10.1. The number of ether oxygens (including phenoxy) is 1. The Morgan fingerprint density at radius 2 is 2.04 bits per heavy atom. The molecular formula is C19H23F2N5O. The van der Waals surface area contributed by atoms with Crippen LogP contribution in [0.25, 0.3) is 10.9 Å². The summed E-state index contributed by atoms with van der Waals surface area (Å²) in [5, 5.41) is 13.4. The zero-order chi connectivity index (χ0) is 19.4. The number of anilines is 1. The van der Waals surface area contributed by atoms with Gasteiger partial charge < -0.3 is 15.0 Å². The van der Waals surface area contributed by atoms with Gasteiger partial charge >= 0.3 is 6.61 Å². The van der Waals surface area contributed by atoms with Gasteiger partial charge in [-0.25, -0.2) is 0 Å². The minimum absolute atomic E-state index is 0.0459. The Labute approximate surface area is 157 Å². The number of benzene rings is 1. The molecule has 0 aliphatic carbocycles. The second-order valence-corrected chi connectivity index (χ2v) is 6.79. The van der Waals surface area contributed by atoms with E-state index in [-0.39, 0.29) is 11.8 Å². The number of likely N-dealkylation sites (N-methyl/N-ethyl adjacent to an activating group) is 1. The Morgan fingerprint density at radius 3 is 2.70 bits per heavy atom. The van der Waals surface area contributed by atoms with Crippen LogP contribution in [0.2, 0.25) is 0 Å². The Morgan fingerprint density at radius 1 is 1.30 bits per heavy atom. The van der Waals surface area contributed by atoms with E-state index in [1.165, 1.54) is 18.3 Å². The highest BCUT2D eigenvalue weighted by molar-refractivity contribution is 5.94. The lowest BCUT2D eigenvalue weighted by molar-refractivity contribution is -0.0497. The molecule has 27 heavy (non-hydrogen) atoms. The Kier molecular flexibility index (Phi) is 6.04. The molecule has 1 aliphatic heterocycles. The molecule has 144 valence electrons. The number of nitriles is 1. The fraction of sp³-hybridized carbons (Fsp3) is 0.474. The van der Waals surface area contributed by atoms with Gasteiger partial charge in [0.15, 0.2) is 0 Å². The molecular weight excluding hydrogens is 352 g/mol. The number of aromatic nitrogens is 1.